The second-order valence-corrected chi connectivity index (χ2v) is 13.0. The predicted octanol–water partition coefficient (Wildman–Crippen LogP) is 6.34. The van der Waals surface area contributed by atoms with Crippen LogP contribution < -0.4 is 15.4 Å². The van der Waals surface area contributed by atoms with Crippen LogP contribution in [0.5, 0.6) is 5.75 Å². The number of ether oxygens (including phenoxy) is 1. The standard InChI is InChI=1S/C28H43N2OP/c1-19(30-18-20-12-9-10-15-29-20)22-13-11-14-25(22)32-21-16-23(27(2,3)4)26(31-8)24(17-21)28(5,6)7/h9-10,12,15-17,19,22,25,30,32H,11,13-14,18H2,1-8H3/t19-,22?,25?/m1/s1. The summed E-state index contributed by atoms with van der Waals surface area (Å²) in [5.74, 6) is 1.79. The van der Waals surface area contributed by atoms with Crippen molar-refractivity contribution in [3.05, 3.63) is 53.3 Å². The summed E-state index contributed by atoms with van der Waals surface area (Å²) < 4.78 is 5.97. The number of hydrogen-bond acceptors (Lipinski definition) is 3. The van der Waals surface area contributed by atoms with Crippen LogP contribution in [0.2, 0.25) is 0 Å². The van der Waals surface area contributed by atoms with Crippen molar-refractivity contribution in [2.75, 3.05) is 7.11 Å². The van der Waals surface area contributed by atoms with Gasteiger partial charge < -0.3 is 10.1 Å². The first-order chi connectivity index (χ1) is 15.0. The van der Waals surface area contributed by atoms with E-state index in [2.05, 4.69) is 83.0 Å². The van der Waals surface area contributed by atoms with Gasteiger partial charge in [0.05, 0.1) is 12.8 Å². The van der Waals surface area contributed by atoms with Gasteiger partial charge in [0.15, 0.2) is 0 Å². The Hall–Kier alpha value is -1.44. The average molecular weight is 455 g/mol. The first-order valence-corrected chi connectivity index (χ1v) is 13.2. The lowest BCUT2D eigenvalue weighted by atomic mass is 9.79. The molecule has 3 rings (SSSR count). The molecule has 4 heteroatoms. The largest absolute Gasteiger partial charge is 0.496 e. The van der Waals surface area contributed by atoms with Gasteiger partial charge in [0.25, 0.3) is 0 Å². The normalized spacial score (nSPS) is 20.8. The molecule has 1 N–H and O–H groups in total. The maximum atomic E-state index is 5.97. The molecule has 1 aromatic heterocycles. The molecule has 1 aliphatic rings. The van der Waals surface area contributed by atoms with Crippen LogP contribution in [-0.2, 0) is 17.4 Å². The average Bonchev–Trinajstić information content (AvgIpc) is 3.19. The first-order valence-electron chi connectivity index (χ1n) is 12.1. The number of hydrogen-bond donors (Lipinski definition) is 1. The highest BCUT2D eigenvalue weighted by Crippen LogP contribution is 2.44. The molecule has 4 atom stereocenters. The number of nitrogens with one attached hydrogen (secondary N) is 1. The summed E-state index contributed by atoms with van der Waals surface area (Å²) in [7, 11) is 2.66. The van der Waals surface area contributed by atoms with Gasteiger partial charge in [-0.05, 0) is 71.7 Å². The maximum Gasteiger partial charge on any atom is 0.126 e. The van der Waals surface area contributed by atoms with Crippen LogP contribution >= 0.6 is 8.58 Å². The highest BCUT2D eigenvalue weighted by Gasteiger charge is 2.33. The fourth-order valence-electron chi connectivity index (χ4n) is 4.95. The molecule has 1 fully saturated rings. The van der Waals surface area contributed by atoms with Crippen molar-refractivity contribution in [1.29, 1.82) is 0 Å². The fourth-order valence-corrected chi connectivity index (χ4v) is 6.85. The minimum Gasteiger partial charge on any atom is -0.496 e. The molecule has 0 spiro atoms. The third-order valence-electron chi connectivity index (χ3n) is 6.80. The Morgan fingerprint density at radius 3 is 2.25 bits per heavy atom. The smallest absolute Gasteiger partial charge is 0.126 e. The topological polar surface area (TPSA) is 34.1 Å². The monoisotopic (exact) mass is 454 g/mol. The molecule has 0 bridgehead atoms. The SMILES string of the molecule is COc1c(C(C)(C)C)cc(PC2CCCC2[C@@H](C)NCc2ccccn2)cc1C(C)(C)C. The molecular formula is C28H43N2OP. The van der Waals surface area contributed by atoms with Gasteiger partial charge in [-0.2, -0.15) is 0 Å². The molecule has 1 saturated carbocycles. The van der Waals surface area contributed by atoms with Crippen molar-refractivity contribution < 1.29 is 4.74 Å². The highest BCUT2D eigenvalue weighted by molar-refractivity contribution is 7.48. The Kier molecular flexibility index (Phi) is 8.05. The van der Waals surface area contributed by atoms with E-state index in [4.69, 9.17) is 4.74 Å². The molecule has 0 radical (unpaired) electrons. The zero-order chi connectivity index (χ0) is 23.5. The van der Waals surface area contributed by atoms with Gasteiger partial charge in [-0.1, -0.05) is 62.6 Å². The number of pyridine rings is 1. The number of nitrogens with zero attached hydrogens (tertiary/aromatic N) is 1. The number of methoxy groups -OCH3 is 1. The molecule has 0 aliphatic heterocycles. The van der Waals surface area contributed by atoms with E-state index in [0.29, 0.717) is 6.04 Å². The molecule has 1 aliphatic carbocycles. The third kappa shape index (κ3) is 6.12. The summed E-state index contributed by atoms with van der Waals surface area (Å²) >= 11 is 0. The van der Waals surface area contributed by atoms with Gasteiger partial charge in [0, 0.05) is 29.9 Å². The second kappa shape index (κ2) is 10.2. The zero-order valence-electron chi connectivity index (χ0n) is 21.4. The van der Waals surface area contributed by atoms with E-state index in [0.717, 1.165) is 38.1 Å². The molecule has 1 heterocycles. The fraction of sp³-hybridized carbons (Fsp3) is 0.607. The molecule has 1 aromatic carbocycles. The molecule has 176 valence electrons. The van der Waals surface area contributed by atoms with E-state index < -0.39 is 0 Å². The molecule has 0 amide bonds. The van der Waals surface area contributed by atoms with Crippen molar-refractivity contribution in [3.63, 3.8) is 0 Å². The molecule has 0 saturated heterocycles. The van der Waals surface area contributed by atoms with E-state index in [-0.39, 0.29) is 10.8 Å². The molecular weight excluding hydrogens is 411 g/mol. The Morgan fingerprint density at radius 1 is 1.06 bits per heavy atom. The van der Waals surface area contributed by atoms with Gasteiger partial charge in [0.2, 0.25) is 0 Å². The van der Waals surface area contributed by atoms with Gasteiger partial charge in [-0.25, -0.2) is 0 Å². The number of benzene rings is 1. The van der Waals surface area contributed by atoms with Crippen LogP contribution in [0.1, 0.15) is 84.5 Å². The van der Waals surface area contributed by atoms with Crippen LogP contribution in [0.4, 0.5) is 0 Å². The molecule has 32 heavy (non-hydrogen) atoms. The van der Waals surface area contributed by atoms with Crippen LogP contribution in [0, 0.1) is 5.92 Å². The third-order valence-corrected chi connectivity index (χ3v) is 8.51. The predicted molar refractivity (Wildman–Crippen MR) is 140 cm³/mol. The van der Waals surface area contributed by atoms with Gasteiger partial charge >= 0.3 is 0 Å². The summed E-state index contributed by atoms with van der Waals surface area (Å²) in [6.07, 6.45) is 5.87. The van der Waals surface area contributed by atoms with Crippen molar-refractivity contribution >= 4 is 13.9 Å². The summed E-state index contributed by atoms with van der Waals surface area (Å²) in [6.45, 7) is 17.0. The Balaban J connectivity index is 1.81. The summed E-state index contributed by atoms with van der Waals surface area (Å²) in [5.41, 5.74) is 4.65. The Bertz CT molecular complexity index is 848. The number of rotatable bonds is 7. The van der Waals surface area contributed by atoms with Crippen molar-refractivity contribution in [1.82, 2.24) is 10.3 Å². The molecule has 3 unspecified atom stereocenters. The lowest BCUT2D eigenvalue weighted by molar-refractivity contribution is 0.381. The quantitative estimate of drug-likeness (QED) is 0.496. The van der Waals surface area contributed by atoms with E-state index >= 15 is 0 Å². The van der Waals surface area contributed by atoms with E-state index in [1.54, 1.807) is 0 Å². The maximum absolute atomic E-state index is 5.97. The van der Waals surface area contributed by atoms with Gasteiger partial charge in [-0.3, -0.25) is 4.98 Å². The van der Waals surface area contributed by atoms with Crippen LogP contribution in [0.3, 0.4) is 0 Å². The van der Waals surface area contributed by atoms with E-state index in [9.17, 15) is 0 Å². The minimum absolute atomic E-state index is 0.0540. The van der Waals surface area contributed by atoms with E-state index in [1.165, 1.54) is 35.7 Å². The van der Waals surface area contributed by atoms with Crippen LogP contribution in [0.15, 0.2) is 36.5 Å². The highest BCUT2D eigenvalue weighted by atomic mass is 31.1. The van der Waals surface area contributed by atoms with E-state index in [1.807, 2.05) is 19.4 Å². The Morgan fingerprint density at radius 2 is 1.72 bits per heavy atom. The zero-order valence-corrected chi connectivity index (χ0v) is 22.4. The van der Waals surface area contributed by atoms with Crippen molar-refractivity contribution in [2.45, 2.75) is 96.8 Å². The van der Waals surface area contributed by atoms with Gasteiger partial charge in [-0.15, -0.1) is 0 Å². The Labute approximate surface area is 197 Å². The summed E-state index contributed by atoms with van der Waals surface area (Å²) in [6, 6.07) is 11.5. The van der Waals surface area contributed by atoms with Crippen LogP contribution in [-0.4, -0.2) is 23.8 Å². The lowest BCUT2D eigenvalue weighted by Crippen LogP contribution is -2.36. The minimum atomic E-state index is 0.0540. The second-order valence-electron chi connectivity index (χ2n) is 11.4. The first kappa shape index (κ1) is 25.2. The van der Waals surface area contributed by atoms with Crippen molar-refractivity contribution in [2.24, 2.45) is 5.92 Å². The summed E-state index contributed by atoms with van der Waals surface area (Å²) in [5, 5.41) is 5.26. The summed E-state index contributed by atoms with van der Waals surface area (Å²) in [4.78, 5) is 4.47. The number of aromatic nitrogens is 1. The molecule has 2 aromatic rings. The van der Waals surface area contributed by atoms with Gasteiger partial charge in [0.1, 0.15) is 5.75 Å². The molecule has 3 nitrogen and oxygen atoms in total. The van der Waals surface area contributed by atoms with Crippen molar-refractivity contribution in [3.8, 4) is 5.75 Å². The van der Waals surface area contributed by atoms with Crippen LogP contribution in [0.25, 0.3) is 0 Å². The lowest BCUT2D eigenvalue weighted by Gasteiger charge is -2.31.